The normalized spacial score (nSPS) is 14.7. The zero-order valence-corrected chi connectivity index (χ0v) is 21.8. The van der Waals surface area contributed by atoms with E-state index in [0.29, 0.717) is 29.4 Å². The first-order valence-electron chi connectivity index (χ1n) is 11.8. The van der Waals surface area contributed by atoms with Gasteiger partial charge in [0.25, 0.3) is 11.8 Å². The number of aryl methyl sites for hydroxylation is 3. The van der Waals surface area contributed by atoms with Crippen molar-refractivity contribution >= 4 is 41.2 Å². The van der Waals surface area contributed by atoms with Crippen LogP contribution >= 0.6 is 11.6 Å². The van der Waals surface area contributed by atoms with Crippen molar-refractivity contribution in [2.75, 3.05) is 11.5 Å². The highest BCUT2D eigenvalue weighted by Gasteiger charge is 2.37. The minimum absolute atomic E-state index is 0.203. The lowest BCUT2D eigenvalue weighted by Gasteiger charge is -2.27. The standard InChI is InChI=1S/C29H27ClN2O5/c1-5-36-25-15-21(14-24(30)26(25)37-16-20-8-6-7-17(2)10-20)13-23-27(33)31-29(35)32(28(23)34)22-11-18(3)9-19(4)12-22/h6-15H,5,16H2,1-4H3,(H,31,33,35)/b23-13+. The molecule has 3 aromatic carbocycles. The van der Waals surface area contributed by atoms with Crippen molar-refractivity contribution in [3.05, 3.63) is 93.0 Å². The van der Waals surface area contributed by atoms with Gasteiger partial charge < -0.3 is 9.47 Å². The number of hydrogen-bond donors (Lipinski definition) is 1. The van der Waals surface area contributed by atoms with E-state index in [1.807, 2.05) is 58.0 Å². The first-order valence-corrected chi connectivity index (χ1v) is 12.2. The Labute approximate surface area is 220 Å². The number of nitrogens with zero attached hydrogens (tertiary/aromatic N) is 1. The van der Waals surface area contributed by atoms with E-state index in [-0.39, 0.29) is 17.2 Å². The smallest absolute Gasteiger partial charge is 0.335 e. The Hall–Kier alpha value is -4.10. The van der Waals surface area contributed by atoms with Gasteiger partial charge in [-0.05, 0) is 80.3 Å². The molecule has 1 N–H and O–H groups in total. The number of nitrogens with one attached hydrogen (secondary N) is 1. The fourth-order valence-corrected chi connectivity index (χ4v) is 4.44. The fourth-order valence-electron chi connectivity index (χ4n) is 4.17. The summed E-state index contributed by atoms with van der Waals surface area (Å²) in [5, 5.41) is 2.51. The van der Waals surface area contributed by atoms with Gasteiger partial charge >= 0.3 is 6.03 Å². The van der Waals surface area contributed by atoms with Gasteiger partial charge in [0.1, 0.15) is 12.2 Å². The minimum Gasteiger partial charge on any atom is -0.490 e. The molecule has 8 heteroatoms. The van der Waals surface area contributed by atoms with Gasteiger partial charge in [-0.2, -0.15) is 0 Å². The molecule has 0 unspecified atom stereocenters. The Balaban J connectivity index is 1.67. The molecule has 0 radical (unpaired) electrons. The van der Waals surface area contributed by atoms with Crippen molar-refractivity contribution < 1.29 is 23.9 Å². The van der Waals surface area contributed by atoms with Gasteiger partial charge in [0.15, 0.2) is 11.5 Å². The monoisotopic (exact) mass is 518 g/mol. The highest BCUT2D eigenvalue weighted by molar-refractivity contribution is 6.39. The van der Waals surface area contributed by atoms with E-state index >= 15 is 0 Å². The van der Waals surface area contributed by atoms with E-state index in [9.17, 15) is 14.4 Å². The van der Waals surface area contributed by atoms with Crippen molar-refractivity contribution in [2.45, 2.75) is 34.3 Å². The maximum absolute atomic E-state index is 13.3. The average molecular weight is 519 g/mol. The first kappa shape index (κ1) is 26.0. The van der Waals surface area contributed by atoms with Crippen LogP contribution < -0.4 is 19.7 Å². The summed E-state index contributed by atoms with van der Waals surface area (Å²) >= 11 is 6.56. The molecule has 0 atom stereocenters. The second kappa shape index (κ2) is 10.9. The molecule has 1 aliphatic heterocycles. The van der Waals surface area contributed by atoms with Gasteiger partial charge in [-0.15, -0.1) is 0 Å². The van der Waals surface area contributed by atoms with Gasteiger partial charge in [0.05, 0.1) is 17.3 Å². The number of barbiturate groups is 1. The number of carbonyl (C=O) groups excluding carboxylic acids is 3. The number of ether oxygens (including phenoxy) is 2. The number of urea groups is 1. The third kappa shape index (κ3) is 5.84. The Bertz CT molecular complexity index is 1410. The largest absolute Gasteiger partial charge is 0.490 e. The van der Waals surface area contributed by atoms with Gasteiger partial charge in [0.2, 0.25) is 0 Å². The Morgan fingerprint density at radius 3 is 2.32 bits per heavy atom. The summed E-state index contributed by atoms with van der Waals surface area (Å²) in [5.74, 6) is -0.781. The molecule has 1 saturated heterocycles. The number of rotatable bonds is 7. The van der Waals surface area contributed by atoms with Gasteiger partial charge in [-0.25, -0.2) is 9.69 Å². The maximum Gasteiger partial charge on any atom is 0.335 e. The van der Waals surface area contributed by atoms with E-state index in [1.165, 1.54) is 6.08 Å². The van der Waals surface area contributed by atoms with Crippen molar-refractivity contribution in [3.8, 4) is 11.5 Å². The van der Waals surface area contributed by atoms with E-state index in [1.54, 1.807) is 24.3 Å². The number of hydrogen-bond acceptors (Lipinski definition) is 5. The van der Waals surface area contributed by atoms with Crippen molar-refractivity contribution in [3.63, 3.8) is 0 Å². The quantitative estimate of drug-likeness (QED) is 0.310. The summed E-state index contributed by atoms with van der Waals surface area (Å²) in [5.41, 5.74) is 4.48. The molecule has 1 heterocycles. The highest BCUT2D eigenvalue weighted by atomic mass is 35.5. The van der Waals surface area contributed by atoms with Crippen LogP contribution in [-0.4, -0.2) is 24.5 Å². The lowest BCUT2D eigenvalue weighted by Crippen LogP contribution is -2.54. The topological polar surface area (TPSA) is 84.9 Å². The summed E-state index contributed by atoms with van der Waals surface area (Å²) in [7, 11) is 0. The Morgan fingerprint density at radius 2 is 1.65 bits per heavy atom. The summed E-state index contributed by atoms with van der Waals surface area (Å²) in [4.78, 5) is 39.5. The second-order valence-electron chi connectivity index (χ2n) is 8.84. The molecule has 4 rings (SSSR count). The number of amides is 4. The van der Waals surface area contributed by atoms with Crippen LogP contribution in [0.25, 0.3) is 6.08 Å². The number of halogens is 1. The molecule has 0 aromatic heterocycles. The van der Waals surface area contributed by atoms with Crippen LogP contribution in [0.5, 0.6) is 11.5 Å². The third-order valence-corrected chi connectivity index (χ3v) is 5.96. The lowest BCUT2D eigenvalue weighted by atomic mass is 10.0. The molecule has 7 nitrogen and oxygen atoms in total. The van der Waals surface area contributed by atoms with E-state index < -0.39 is 17.8 Å². The molecule has 0 saturated carbocycles. The predicted molar refractivity (Wildman–Crippen MR) is 143 cm³/mol. The predicted octanol–water partition coefficient (Wildman–Crippen LogP) is 5.91. The van der Waals surface area contributed by atoms with Crippen LogP contribution in [0.4, 0.5) is 10.5 Å². The molecule has 37 heavy (non-hydrogen) atoms. The molecular weight excluding hydrogens is 492 g/mol. The van der Waals surface area contributed by atoms with Crippen molar-refractivity contribution in [1.82, 2.24) is 5.32 Å². The maximum atomic E-state index is 13.3. The molecule has 1 aliphatic rings. The summed E-state index contributed by atoms with van der Waals surface area (Å²) < 4.78 is 11.7. The lowest BCUT2D eigenvalue weighted by molar-refractivity contribution is -0.122. The van der Waals surface area contributed by atoms with Crippen molar-refractivity contribution in [1.29, 1.82) is 0 Å². The van der Waals surface area contributed by atoms with Crippen LogP contribution in [0.3, 0.4) is 0 Å². The van der Waals surface area contributed by atoms with E-state index in [2.05, 4.69) is 5.32 Å². The summed E-state index contributed by atoms with van der Waals surface area (Å²) in [6.45, 7) is 8.20. The molecular formula is C29H27ClN2O5. The van der Waals surface area contributed by atoms with Gasteiger partial charge in [-0.3, -0.25) is 14.9 Å². The Morgan fingerprint density at radius 1 is 0.919 bits per heavy atom. The van der Waals surface area contributed by atoms with Crippen LogP contribution in [0.2, 0.25) is 5.02 Å². The number of benzene rings is 3. The Kier molecular flexibility index (Phi) is 7.64. The molecule has 0 spiro atoms. The van der Waals surface area contributed by atoms with Crippen LogP contribution in [0.15, 0.2) is 60.2 Å². The number of carbonyl (C=O) groups is 3. The molecule has 0 aliphatic carbocycles. The molecule has 4 amide bonds. The molecule has 3 aromatic rings. The average Bonchev–Trinajstić information content (AvgIpc) is 2.81. The fraction of sp³-hybridized carbons (Fsp3) is 0.207. The summed E-state index contributed by atoms with van der Waals surface area (Å²) in [6.07, 6.45) is 1.39. The zero-order valence-electron chi connectivity index (χ0n) is 21.1. The van der Waals surface area contributed by atoms with Gasteiger partial charge in [-0.1, -0.05) is 47.5 Å². The van der Waals surface area contributed by atoms with Crippen LogP contribution in [0.1, 0.15) is 34.7 Å². The van der Waals surface area contributed by atoms with Crippen molar-refractivity contribution in [2.24, 2.45) is 0 Å². The van der Waals surface area contributed by atoms with E-state index in [4.69, 9.17) is 21.1 Å². The highest BCUT2D eigenvalue weighted by Crippen LogP contribution is 2.38. The number of imide groups is 2. The van der Waals surface area contributed by atoms with Crippen LogP contribution in [0, 0.1) is 20.8 Å². The number of anilines is 1. The molecule has 190 valence electrons. The van der Waals surface area contributed by atoms with E-state index in [0.717, 1.165) is 27.2 Å². The SMILES string of the molecule is CCOc1cc(/C=C2\C(=O)NC(=O)N(c3cc(C)cc(C)c3)C2=O)cc(Cl)c1OCc1cccc(C)c1. The molecule has 1 fully saturated rings. The molecule has 0 bridgehead atoms. The van der Waals surface area contributed by atoms with Gasteiger partial charge in [0, 0.05) is 0 Å². The van der Waals surface area contributed by atoms with Crippen LogP contribution in [-0.2, 0) is 16.2 Å². The summed E-state index contributed by atoms with van der Waals surface area (Å²) in [6, 6.07) is 15.7. The second-order valence-corrected chi connectivity index (χ2v) is 9.25. The zero-order chi connectivity index (χ0) is 26.7. The third-order valence-electron chi connectivity index (χ3n) is 5.67. The first-order chi connectivity index (χ1) is 17.7. The minimum atomic E-state index is -0.801.